The first kappa shape index (κ1) is 16.4. The van der Waals surface area contributed by atoms with Crippen molar-refractivity contribution in [3.05, 3.63) is 23.3 Å². The largest absolute Gasteiger partial charge is 0.496 e. The molecule has 0 atom stereocenters. The maximum absolute atomic E-state index is 8.88. The van der Waals surface area contributed by atoms with E-state index in [4.69, 9.17) is 20.0 Å². The van der Waals surface area contributed by atoms with Gasteiger partial charge in [-0.05, 0) is 26.0 Å². The summed E-state index contributed by atoms with van der Waals surface area (Å²) in [5, 5.41) is 17.8. The normalized spacial score (nSPS) is 9.24. The smallest absolute Gasteiger partial charge is 0.143 e. The van der Waals surface area contributed by atoms with Gasteiger partial charge < -0.3 is 14.4 Å². The number of ether oxygens (including phenoxy) is 2. The van der Waals surface area contributed by atoms with Crippen LogP contribution < -0.4 is 14.4 Å². The summed E-state index contributed by atoms with van der Waals surface area (Å²) in [5.41, 5.74) is 1.58. The molecule has 1 rings (SSSR count). The Kier molecular flexibility index (Phi) is 6.10. The molecule has 5 nitrogen and oxygen atoms in total. The van der Waals surface area contributed by atoms with Crippen LogP contribution in [0.1, 0.15) is 19.4 Å². The molecule has 5 heteroatoms. The van der Waals surface area contributed by atoms with Gasteiger partial charge in [-0.25, -0.2) is 0 Å². The Morgan fingerprint density at radius 1 is 1.10 bits per heavy atom. The summed E-state index contributed by atoms with van der Waals surface area (Å²) in [6, 6.07) is 7.33. The van der Waals surface area contributed by atoms with Gasteiger partial charge in [-0.15, -0.1) is 0 Å². The highest BCUT2D eigenvalue weighted by Gasteiger charge is 2.14. The maximum atomic E-state index is 8.88. The second-order valence-corrected chi connectivity index (χ2v) is 4.22. The van der Waals surface area contributed by atoms with Crippen LogP contribution in [0.5, 0.6) is 11.5 Å². The summed E-state index contributed by atoms with van der Waals surface area (Å²) in [6.07, 6.45) is 1.49. The van der Waals surface area contributed by atoms with Gasteiger partial charge in [0.05, 0.1) is 19.9 Å². The van der Waals surface area contributed by atoms with Crippen LogP contribution in [0.25, 0.3) is 6.08 Å². The fourth-order valence-corrected chi connectivity index (χ4v) is 2.07. The van der Waals surface area contributed by atoms with Crippen molar-refractivity contribution in [3.63, 3.8) is 0 Å². The molecule has 0 fully saturated rings. The van der Waals surface area contributed by atoms with E-state index < -0.39 is 0 Å². The molecule has 0 N–H and O–H groups in total. The summed E-state index contributed by atoms with van der Waals surface area (Å²) in [6.45, 7) is 5.80. The van der Waals surface area contributed by atoms with Crippen LogP contribution in [0.3, 0.4) is 0 Å². The van der Waals surface area contributed by atoms with E-state index in [9.17, 15) is 0 Å². The Morgan fingerprint density at radius 2 is 1.67 bits per heavy atom. The number of benzene rings is 1. The van der Waals surface area contributed by atoms with Gasteiger partial charge in [-0.2, -0.15) is 10.5 Å². The first-order valence-corrected chi connectivity index (χ1v) is 6.67. The monoisotopic (exact) mass is 285 g/mol. The molecule has 0 spiro atoms. The minimum atomic E-state index is 0.0194. The van der Waals surface area contributed by atoms with Crippen molar-refractivity contribution in [2.45, 2.75) is 13.8 Å². The van der Waals surface area contributed by atoms with Crippen molar-refractivity contribution >= 4 is 11.8 Å². The van der Waals surface area contributed by atoms with Crippen LogP contribution in [-0.2, 0) is 0 Å². The molecular formula is C16H19N3O2. The Labute approximate surface area is 125 Å². The molecule has 21 heavy (non-hydrogen) atoms. The van der Waals surface area contributed by atoms with Crippen LogP contribution in [0.2, 0.25) is 0 Å². The molecule has 1 aromatic rings. The quantitative estimate of drug-likeness (QED) is 0.751. The van der Waals surface area contributed by atoms with Gasteiger partial charge in [0, 0.05) is 24.7 Å². The lowest BCUT2D eigenvalue weighted by molar-refractivity contribution is 0.402. The van der Waals surface area contributed by atoms with Crippen LogP contribution in [-0.4, -0.2) is 27.3 Å². The van der Waals surface area contributed by atoms with Crippen LogP contribution in [0.15, 0.2) is 17.7 Å². The first-order chi connectivity index (χ1) is 10.1. The van der Waals surface area contributed by atoms with Gasteiger partial charge in [0.25, 0.3) is 0 Å². The van der Waals surface area contributed by atoms with Crippen molar-refractivity contribution < 1.29 is 9.47 Å². The average molecular weight is 285 g/mol. The molecular weight excluding hydrogens is 266 g/mol. The molecule has 0 aliphatic heterocycles. The minimum Gasteiger partial charge on any atom is -0.496 e. The third kappa shape index (κ3) is 3.67. The van der Waals surface area contributed by atoms with Crippen molar-refractivity contribution in [3.8, 4) is 23.6 Å². The minimum absolute atomic E-state index is 0.0194. The molecule has 0 saturated heterocycles. The first-order valence-electron chi connectivity index (χ1n) is 6.67. The van der Waals surface area contributed by atoms with Crippen molar-refractivity contribution in [1.82, 2.24) is 0 Å². The number of nitrogens with zero attached hydrogens (tertiary/aromatic N) is 3. The Balaban J connectivity index is 3.47. The predicted octanol–water partition coefficient (Wildman–Crippen LogP) is 2.98. The zero-order valence-corrected chi connectivity index (χ0v) is 12.8. The van der Waals surface area contributed by atoms with Gasteiger partial charge in [0.15, 0.2) is 0 Å². The number of nitriles is 2. The van der Waals surface area contributed by atoms with Crippen LogP contribution in [0.4, 0.5) is 5.69 Å². The molecule has 0 radical (unpaired) electrons. The van der Waals surface area contributed by atoms with Crippen molar-refractivity contribution in [2.24, 2.45) is 0 Å². The SMILES string of the molecule is CCN(CC)c1cc(OC)c(C=C(C#N)C#N)cc1OC. The number of methoxy groups -OCH3 is 2. The topological polar surface area (TPSA) is 69.3 Å². The second-order valence-electron chi connectivity index (χ2n) is 4.22. The molecule has 0 bridgehead atoms. The molecule has 0 aromatic heterocycles. The van der Waals surface area contributed by atoms with Crippen molar-refractivity contribution in [2.75, 3.05) is 32.2 Å². The lowest BCUT2D eigenvalue weighted by Crippen LogP contribution is -2.22. The summed E-state index contributed by atoms with van der Waals surface area (Å²) < 4.78 is 10.8. The standard InChI is InChI=1S/C16H19N3O2/c1-5-19(6-2)14-9-15(20-3)13(8-16(14)21-4)7-12(10-17)11-18/h7-9H,5-6H2,1-4H3. The molecule has 0 aliphatic carbocycles. The number of hydrogen-bond donors (Lipinski definition) is 0. The van der Waals surface area contributed by atoms with Crippen LogP contribution >= 0.6 is 0 Å². The number of anilines is 1. The number of hydrogen-bond acceptors (Lipinski definition) is 5. The summed E-state index contributed by atoms with van der Waals surface area (Å²) >= 11 is 0. The van der Waals surface area contributed by atoms with Crippen molar-refractivity contribution in [1.29, 1.82) is 10.5 Å². The Morgan fingerprint density at radius 3 is 2.10 bits per heavy atom. The van der Waals surface area contributed by atoms with E-state index in [0.717, 1.165) is 18.8 Å². The van der Waals surface area contributed by atoms with E-state index in [0.29, 0.717) is 17.1 Å². The molecule has 1 aromatic carbocycles. The fraction of sp³-hybridized carbons (Fsp3) is 0.375. The van der Waals surface area contributed by atoms with E-state index in [2.05, 4.69) is 18.7 Å². The van der Waals surface area contributed by atoms with E-state index >= 15 is 0 Å². The lowest BCUT2D eigenvalue weighted by Gasteiger charge is -2.24. The second kappa shape index (κ2) is 7.81. The zero-order valence-electron chi connectivity index (χ0n) is 12.8. The molecule has 0 amide bonds. The van der Waals surface area contributed by atoms with Gasteiger partial charge in [0.1, 0.15) is 29.2 Å². The van der Waals surface area contributed by atoms with E-state index in [1.165, 1.54) is 6.08 Å². The summed E-state index contributed by atoms with van der Waals surface area (Å²) in [7, 11) is 3.15. The van der Waals surface area contributed by atoms with Gasteiger partial charge in [-0.3, -0.25) is 0 Å². The molecule has 0 aliphatic rings. The molecule has 0 saturated carbocycles. The summed E-state index contributed by atoms with van der Waals surface area (Å²) in [5.74, 6) is 1.28. The Bertz CT molecular complexity index is 589. The third-order valence-electron chi connectivity index (χ3n) is 3.18. The van der Waals surface area contributed by atoms with Gasteiger partial charge >= 0.3 is 0 Å². The molecule has 0 unspecified atom stereocenters. The highest BCUT2D eigenvalue weighted by atomic mass is 16.5. The van der Waals surface area contributed by atoms with E-state index in [1.807, 2.05) is 18.2 Å². The Hall–Kier alpha value is -2.66. The maximum Gasteiger partial charge on any atom is 0.143 e. The van der Waals surface area contributed by atoms with E-state index in [1.54, 1.807) is 20.3 Å². The molecule has 110 valence electrons. The average Bonchev–Trinajstić information content (AvgIpc) is 2.53. The number of allylic oxidation sites excluding steroid dienone is 1. The van der Waals surface area contributed by atoms with E-state index in [-0.39, 0.29) is 5.57 Å². The fourth-order valence-electron chi connectivity index (χ4n) is 2.07. The predicted molar refractivity (Wildman–Crippen MR) is 82.3 cm³/mol. The molecule has 0 heterocycles. The highest BCUT2D eigenvalue weighted by Crippen LogP contribution is 2.36. The lowest BCUT2D eigenvalue weighted by atomic mass is 10.1. The number of rotatable bonds is 6. The summed E-state index contributed by atoms with van der Waals surface area (Å²) in [4.78, 5) is 2.14. The zero-order chi connectivity index (χ0) is 15.8. The highest BCUT2D eigenvalue weighted by molar-refractivity contribution is 5.73. The van der Waals surface area contributed by atoms with Gasteiger partial charge in [0.2, 0.25) is 0 Å². The third-order valence-corrected chi connectivity index (χ3v) is 3.18. The van der Waals surface area contributed by atoms with Crippen LogP contribution in [0, 0.1) is 22.7 Å². The van der Waals surface area contributed by atoms with Gasteiger partial charge in [-0.1, -0.05) is 0 Å².